The second kappa shape index (κ2) is 8.08. The van der Waals surface area contributed by atoms with Gasteiger partial charge in [0.1, 0.15) is 21.6 Å². The molecule has 0 spiro atoms. The molecule has 0 saturated carbocycles. The van der Waals surface area contributed by atoms with Gasteiger partial charge in [-0.3, -0.25) is 15.6 Å². The molecule has 0 bridgehead atoms. The maximum absolute atomic E-state index is 13.0. The molecule has 1 aromatic carbocycles. The van der Waals surface area contributed by atoms with E-state index < -0.39 is 0 Å². The van der Waals surface area contributed by atoms with Crippen LogP contribution in [0, 0.1) is 6.92 Å². The Morgan fingerprint density at radius 2 is 2.00 bits per heavy atom. The molecule has 2 aromatic heterocycles. The monoisotopic (exact) mass is 439 g/mol. The third-order valence-electron chi connectivity index (χ3n) is 5.89. The van der Waals surface area contributed by atoms with E-state index in [1.165, 1.54) is 16.9 Å². The summed E-state index contributed by atoms with van der Waals surface area (Å²) < 4.78 is 10.7. The van der Waals surface area contributed by atoms with Crippen molar-refractivity contribution in [1.82, 2.24) is 21.2 Å². The summed E-state index contributed by atoms with van der Waals surface area (Å²) in [6.45, 7) is 3.19. The number of fused-ring (bicyclic) bond motifs is 3. The number of hydrogen-bond acceptors (Lipinski definition) is 8. The molecule has 0 radical (unpaired) electrons. The molecule has 2 aliphatic heterocycles. The van der Waals surface area contributed by atoms with Gasteiger partial charge in [0.25, 0.3) is 5.91 Å². The first kappa shape index (κ1) is 20.2. The largest absolute Gasteiger partial charge is 0.497 e. The molecule has 4 N–H and O–H groups in total. The molecule has 9 heteroatoms. The molecule has 3 atom stereocenters. The molecular formula is C22H25N5O3S. The Kier molecular flexibility index (Phi) is 5.27. The van der Waals surface area contributed by atoms with Crippen LogP contribution in [0.5, 0.6) is 5.75 Å². The number of rotatable bonds is 5. The number of thiophene rings is 1. The summed E-state index contributed by atoms with van der Waals surface area (Å²) >= 11 is 1.42. The number of hydrogen-bond donors (Lipinski definition) is 4. The zero-order valence-corrected chi connectivity index (χ0v) is 18.4. The Morgan fingerprint density at radius 3 is 2.74 bits per heavy atom. The van der Waals surface area contributed by atoms with E-state index >= 15 is 0 Å². The van der Waals surface area contributed by atoms with Crippen molar-refractivity contribution in [3.8, 4) is 5.75 Å². The number of aromatic nitrogens is 1. The number of methoxy groups -OCH3 is 2. The van der Waals surface area contributed by atoms with Crippen molar-refractivity contribution in [2.45, 2.75) is 31.7 Å². The molecule has 3 unspecified atom stereocenters. The zero-order chi connectivity index (χ0) is 21.5. The van der Waals surface area contributed by atoms with Gasteiger partial charge < -0.3 is 20.1 Å². The summed E-state index contributed by atoms with van der Waals surface area (Å²) in [7, 11) is 3.34. The van der Waals surface area contributed by atoms with Gasteiger partial charge >= 0.3 is 0 Å². The Balaban J connectivity index is 1.50. The molecule has 4 heterocycles. The fraction of sp³-hybridized carbons (Fsp3) is 0.364. The Morgan fingerprint density at radius 1 is 1.19 bits per heavy atom. The van der Waals surface area contributed by atoms with Gasteiger partial charge in [-0.1, -0.05) is 12.1 Å². The molecule has 162 valence electrons. The zero-order valence-electron chi connectivity index (χ0n) is 17.6. The van der Waals surface area contributed by atoms with Crippen LogP contribution < -0.4 is 26.2 Å². The fourth-order valence-electron chi connectivity index (χ4n) is 4.46. The Bertz CT molecular complexity index is 1130. The van der Waals surface area contributed by atoms with E-state index in [1.54, 1.807) is 14.2 Å². The van der Waals surface area contributed by atoms with E-state index in [4.69, 9.17) is 9.47 Å². The first-order valence-electron chi connectivity index (χ1n) is 10.2. The standard InChI is InChI=1S/C22H25N5O3S/c1-11-8-13(10-29-2)16-18-19(31-22(16)24-11)21(28)26-20(25-18)17-15(9-23-27-17)12-4-6-14(30-3)7-5-12/h4-8,15,17,20,23,25,27H,9-10H2,1-3H3,(H,26,28). The first-order valence-corrected chi connectivity index (χ1v) is 11.0. The summed E-state index contributed by atoms with van der Waals surface area (Å²) in [5.74, 6) is 0.921. The third kappa shape index (κ3) is 3.53. The number of amides is 1. The molecule has 5 rings (SSSR count). The predicted molar refractivity (Wildman–Crippen MR) is 121 cm³/mol. The normalized spacial score (nSPS) is 22.8. The van der Waals surface area contributed by atoms with Gasteiger partial charge in [0, 0.05) is 30.7 Å². The number of benzene rings is 1. The summed E-state index contributed by atoms with van der Waals surface area (Å²) in [4.78, 5) is 19.2. The van der Waals surface area contributed by atoms with Crippen LogP contribution >= 0.6 is 11.3 Å². The van der Waals surface area contributed by atoms with Crippen LogP contribution in [0.15, 0.2) is 30.3 Å². The smallest absolute Gasteiger partial charge is 0.265 e. The number of hydrazine groups is 1. The number of anilines is 1. The summed E-state index contributed by atoms with van der Waals surface area (Å²) in [5.41, 5.74) is 10.6. The van der Waals surface area contributed by atoms with E-state index in [-0.39, 0.29) is 24.0 Å². The topological polar surface area (TPSA) is 96.5 Å². The maximum Gasteiger partial charge on any atom is 0.265 e. The van der Waals surface area contributed by atoms with E-state index in [0.717, 1.165) is 39.5 Å². The minimum atomic E-state index is -0.281. The minimum Gasteiger partial charge on any atom is -0.497 e. The average molecular weight is 440 g/mol. The number of ether oxygens (including phenoxy) is 2. The fourth-order valence-corrected chi connectivity index (χ4v) is 5.60. The highest BCUT2D eigenvalue weighted by atomic mass is 32.1. The summed E-state index contributed by atoms with van der Waals surface area (Å²) in [6.07, 6.45) is -0.281. The molecule has 1 fully saturated rings. The summed E-state index contributed by atoms with van der Waals surface area (Å²) in [5, 5.41) is 7.70. The molecule has 1 saturated heterocycles. The van der Waals surface area contributed by atoms with Gasteiger partial charge in [-0.25, -0.2) is 4.98 Å². The molecule has 31 heavy (non-hydrogen) atoms. The van der Waals surface area contributed by atoms with Gasteiger partial charge in [-0.05, 0) is 36.2 Å². The quantitative estimate of drug-likeness (QED) is 0.485. The molecule has 3 aromatic rings. The van der Waals surface area contributed by atoms with E-state index in [2.05, 4.69) is 38.6 Å². The van der Waals surface area contributed by atoms with Crippen molar-refractivity contribution in [2.75, 3.05) is 26.1 Å². The number of pyridine rings is 1. The molecule has 2 aliphatic rings. The van der Waals surface area contributed by atoms with Crippen molar-refractivity contribution >= 4 is 33.1 Å². The second-order valence-corrected chi connectivity index (χ2v) is 8.87. The minimum absolute atomic E-state index is 0.0373. The van der Waals surface area contributed by atoms with Crippen LogP contribution in [0.25, 0.3) is 10.2 Å². The van der Waals surface area contributed by atoms with Crippen molar-refractivity contribution in [3.05, 3.63) is 52.0 Å². The van der Waals surface area contributed by atoms with Crippen molar-refractivity contribution in [2.24, 2.45) is 0 Å². The Hall–Kier alpha value is -2.72. The lowest BCUT2D eigenvalue weighted by Crippen LogP contribution is -2.56. The highest BCUT2D eigenvalue weighted by Gasteiger charge is 2.39. The second-order valence-electron chi connectivity index (χ2n) is 7.87. The number of carbonyl (C=O) groups excluding carboxylic acids is 1. The number of nitrogens with one attached hydrogen (secondary N) is 4. The SMILES string of the molecule is COCc1cc(C)nc2sc3c(c12)NC(C1NNCC1c1ccc(OC)cc1)NC3=O. The predicted octanol–water partition coefficient (Wildman–Crippen LogP) is 2.50. The number of aryl methyl sites for hydroxylation is 1. The number of carbonyl (C=O) groups is 1. The van der Waals surface area contributed by atoms with Crippen LogP contribution in [-0.2, 0) is 11.3 Å². The van der Waals surface area contributed by atoms with E-state index in [9.17, 15) is 4.79 Å². The van der Waals surface area contributed by atoms with E-state index in [0.29, 0.717) is 11.5 Å². The molecular weight excluding hydrogens is 414 g/mol. The van der Waals surface area contributed by atoms with Gasteiger partial charge in [-0.2, -0.15) is 0 Å². The van der Waals surface area contributed by atoms with Gasteiger partial charge in [0.15, 0.2) is 0 Å². The summed E-state index contributed by atoms with van der Waals surface area (Å²) in [6, 6.07) is 10.1. The first-order chi connectivity index (χ1) is 15.1. The van der Waals surface area contributed by atoms with Gasteiger partial charge in [0.2, 0.25) is 0 Å². The number of nitrogens with zero attached hydrogens (tertiary/aromatic N) is 1. The molecule has 0 aliphatic carbocycles. The van der Waals surface area contributed by atoms with Crippen LogP contribution in [-0.4, -0.2) is 43.9 Å². The van der Waals surface area contributed by atoms with Crippen LogP contribution in [0.1, 0.15) is 32.4 Å². The highest BCUT2D eigenvalue weighted by molar-refractivity contribution is 7.21. The van der Waals surface area contributed by atoms with Crippen molar-refractivity contribution in [3.63, 3.8) is 0 Å². The lowest BCUT2D eigenvalue weighted by molar-refractivity contribution is 0.0931. The maximum atomic E-state index is 13.0. The van der Waals surface area contributed by atoms with Gasteiger partial charge in [-0.15, -0.1) is 11.3 Å². The van der Waals surface area contributed by atoms with Gasteiger partial charge in [0.05, 0.1) is 25.4 Å². The van der Waals surface area contributed by atoms with Crippen molar-refractivity contribution in [1.29, 1.82) is 0 Å². The van der Waals surface area contributed by atoms with Crippen LogP contribution in [0.3, 0.4) is 0 Å². The average Bonchev–Trinajstić information content (AvgIpc) is 3.39. The van der Waals surface area contributed by atoms with Crippen LogP contribution in [0.2, 0.25) is 0 Å². The molecule has 8 nitrogen and oxygen atoms in total. The van der Waals surface area contributed by atoms with Crippen molar-refractivity contribution < 1.29 is 14.3 Å². The lowest BCUT2D eigenvalue weighted by Gasteiger charge is -2.33. The third-order valence-corrected chi connectivity index (χ3v) is 6.97. The lowest BCUT2D eigenvalue weighted by atomic mass is 9.90. The highest BCUT2D eigenvalue weighted by Crippen LogP contribution is 2.40. The van der Waals surface area contributed by atoms with E-state index in [1.807, 2.05) is 25.1 Å². The van der Waals surface area contributed by atoms with Crippen LogP contribution in [0.4, 0.5) is 5.69 Å². The Labute approximate surface area is 184 Å². The molecule has 1 amide bonds.